The lowest BCUT2D eigenvalue weighted by Gasteiger charge is -2.09. The van der Waals surface area contributed by atoms with Crippen LogP contribution < -0.4 is 5.73 Å². The van der Waals surface area contributed by atoms with Gasteiger partial charge in [0.25, 0.3) is 0 Å². The summed E-state index contributed by atoms with van der Waals surface area (Å²) in [6, 6.07) is 11.7. The zero-order valence-electron chi connectivity index (χ0n) is 15.1. The van der Waals surface area contributed by atoms with Crippen LogP contribution in [0.1, 0.15) is 16.7 Å². The van der Waals surface area contributed by atoms with Crippen molar-refractivity contribution in [1.29, 1.82) is 0 Å². The molecule has 0 fully saturated rings. The monoisotopic (exact) mass is 392 g/mol. The van der Waals surface area contributed by atoms with Crippen molar-refractivity contribution in [1.82, 2.24) is 4.57 Å². The van der Waals surface area contributed by atoms with Crippen molar-refractivity contribution >= 4 is 16.9 Å². The Labute approximate surface area is 159 Å². The molecule has 0 aliphatic heterocycles. The van der Waals surface area contributed by atoms with Gasteiger partial charge in [0, 0.05) is 30.1 Å². The smallest absolute Gasteiger partial charge is 0.343 e. The largest absolute Gasteiger partial charge is 0.416 e. The van der Waals surface area contributed by atoms with Gasteiger partial charge in [0.1, 0.15) is 6.04 Å². The highest BCUT2D eigenvalue weighted by molar-refractivity contribution is 5.85. The summed E-state index contributed by atoms with van der Waals surface area (Å²) in [4.78, 5) is 20.5. The van der Waals surface area contributed by atoms with Gasteiger partial charge in [-0.2, -0.15) is 18.1 Å². The van der Waals surface area contributed by atoms with Crippen LogP contribution in [0.25, 0.3) is 10.9 Å². The first kappa shape index (κ1) is 19.9. The van der Waals surface area contributed by atoms with Crippen molar-refractivity contribution in [3.05, 3.63) is 71.4 Å². The number of fused-ring (bicyclic) bond motifs is 1. The number of halogens is 3. The Hall–Kier alpha value is -2.84. The summed E-state index contributed by atoms with van der Waals surface area (Å²) >= 11 is 0. The minimum absolute atomic E-state index is 0.239. The fraction of sp³-hybridized carbons (Fsp3) is 0.250. The van der Waals surface area contributed by atoms with Gasteiger partial charge in [0.2, 0.25) is 0 Å². The van der Waals surface area contributed by atoms with Crippen molar-refractivity contribution in [3.8, 4) is 0 Å². The lowest BCUT2D eigenvalue weighted by molar-refractivity contribution is -0.256. The second kappa shape index (κ2) is 8.04. The molecule has 0 bridgehead atoms. The minimum Gasteiger partial charge on any atom is -0.343 e. The number of carbonyl (C=O) groups excluding carboxylic acids is 1. The van der Waals surface area contributed by atoms with E-state index < -0.39 is 23.8 Å². The lowest BCUT2D eigenvalue weighted by atomic mass is 10.1. The van der Waals surface area contributed by atoms with E-state index in [-0.39, 0.29) is 6.42 Å². The minimum atomic E-state index is -4.36. The molecule has 0 saturated carbocycles. The summed E-state index contributed by atoms with van der Waals surface area (Å²) in [7, 11) is 1.22. The molecule has 0 spiro atoms. The van der Waals surface area contributed by atoms with Gasteiger partial charge in [-0.1, -0.05) is 30.3 Å². The first-order valence-electron chi connectivity index (χ1n) is 8.52. The zero-order valence-corrected chi connectivity index (χ0v) is 15.1. The van der Waals surface area contributed by atoms with Crippen LogP contribution in [-0.2, 0) is 33.7 Å². The summed E-state index contributed by atoms with van der Waals surface area (Å²) in [5.41, 5.74) is 7.65. The van der Waals surface area contributed by atoms with Crippen LogP contribution in [0.3, 0.4) is 0 Å². The molecule has 0 aliphatic rings. The van der Waals surface area contributed by atoms with Gasteiger partial charge in [-0.05, 0) is 29.3 Å². The number of benzene rings is 2. The van der Waals surface area contributed by atoms with Crippen molar-refractivity contribution in [2.24, 2.45) is 5.73 Å². The number of nitrogens with two attached hydrogens (primary N) is 1. The zero-order chi connectivity index (χ0) is 20.3. The Kier molecular flexibility index (Phi) is 5.71. The first-order valence-corrected chi connectivity index (χ1v) is 8.52. The normalized spacial score (nSPS) is 12.9. The fourth-order valence-electron chi connectivity index (χ4n) is 3.08. The highest BCUT2D eigenvalue weighted by atomic mass is 19.4. The molecule has 5 nitrogen and oxygen atoms in total. The molecule has 3 rings (SSSR count). The summed E-state index contributed by atoms with van der Waals surface area (Å²) in [5, 5.41) is 0.912. The Morgan fingerprint density at radius 3 is 2.46 bits per heavy atom. The van der Waals surface area contributed by atoms with Crippen LogP contribution in [0.4, 0.5) is 13.2 Å². The van der Waals surface area contributed by atoms with E-state index in [4.69, 9.17) is 5.73 Å². The highest BCUT2D eigenvalue weighted by Gasteiger charge is 2.30. The number of rotatable bonds is 6. The standard InChI is InChI=1S/C20H19F3N2O3/c1-27-28-19(26)17(24)10-14-12-25(18-5-3-2-4-16(14)18)11-13-6-8-15(9-7-13)20(21,22)23/h2-9,12,17H,10-11,24H2,1H3/t17-/m0/s1. The third-order valence-corrected chi connectivity index (χ3v) is 4.41. The van der Waals surface area contributed by atoms with Crippen molar-refractivity contribution < 1.29 is 27.7 Å². The van der Waals surface area contributed by atoms with Gasteiger partial charge in [-0.25, -0.2) is 4.79 Å². The summed E-state index contributed by atoms with van der Waals surface area (Å²) in [5.74, 6) is -0.679. The Balaban J connectivity index is 1.87. The molecule has 2 aromatic carbocycles. The van der Waals surface area contributed by atoms with E-state index in [1.165, 1.54) is 19.2 Å². The molecule has 0 unspecified atom stereocenters. The topological polar surface area (TPSA) is 66.5 Å². The quantitative estimate of drug-likeness (QED) is 0.513. The van der Waals surface area contributed by atoms with E-state index in [1.54, 1.807) is 0 Å². The highest BCUT2D eigenvalue weighted by Crippen LogP contribution is 2.29. The number of alkyl halides is 3. The van der Waals surface area contributed by atoms with E-state index in [0.717, 1.165) is 34.2 Å². The average Bonchev–Trinajstić information content (AvgIpc) is 2.99. The van der Waals surface area contributed by atoms with E-state index in [0.29, 0.717) is 6.54 Å². The third-order valence-electron chi connectivity index (χ3n) is 4.41. The third kappa shape index (κ3) is 4.35. The lowest BCUT2D eigenvalue weighted by Crippen LogP contribution is -2.34. The molecule has 0 saturated heterocycles. The van der Waals surface area contributed by atoms with Crippen LogP contribution >= 0.6 is 0 Å². The molecule has 0 aliphatic carbocycles. The molecule has 0 radical (unpaired) electrons. The number of hydrogen-bond donors (Lipinski definition) is 1. The van der Waals surface area contributed by atoms with Crippen LogP contribution in [-0.4, -0.2) is 23.7 Å². The Morgan fingerprint density at radius 1 is 1.14 bits per heavy atom. The molecule has 28 heavy (non-hydrogen) atoms. The van der Waals surface area contributed by atoms with Crippen LogP contribution in [0.2, 0.25) is 0 Å². The second-order valence-electron chi connectivity index (χ2n) is 6.37. The number of nitrogens with zero attached hydrogens (tertiary/aromatic N) is 1. The summed E-state index contributed by atoms with van der Waals surface area (Å²) < 4.78 is 40.1. The maximum Gasteiger partial charge on any atom is 0.416 e. The first-order chi connectivity index (χ1) is 13.3. The molecule has 0 amide bonds. The SMILES string of the molecule is COOC(=O)[C@@H](N)Cc1cn(Cc2ccc(C(F)(F)F)cc2)c2ccccc12. The van der Waals surface area contributed by atoms with Crippen molar-refractivity contribution in [2.45, 2.75) is 25.2 Å². The average molecular weight is 392 g/mol. The molecule has 1 aromatic heterocycles. The number of carbonyl (C=O) groups is 1. The van der Waals surface area contributed by atoms with E-state index in [9.17, 15) is 18.0 Å². The van der Waals surface area contributed by atoms with Gasteiger partial charge in [-0.15, -0.1) is 0 Å². The number of para-hydroxylation sites is 1. The van der Waals surface area contributed by atoms with Gasteiger partial charge in [0.15, 0.2) is 0 Å². The van der Waals surface area contributed by atoms with Crippen LogP contribution in [0.15, 0.2) is 54.7 Å². The van der Waals surface area contributed by atoms with E-state index >= 15 is 0 Å². The van der Waals surface area contributed by atoms with Crippen LogP contribution in [0, 0.1) is 0 Å². The summed E-state index contributed by atoms with van der Waals surface area (Å²) in [6.45, 7) is 0.385. The van der Waals surface area contributed by atoms with Gasteiger partial charge < -0.3 is 10.3 Å². The molecule has 2 N–H and O–H groups in total. The van der Waals surface area contributed by atoms with Gasteiger partial charge in [-0.3, -0.25) is 4.89 Å². The van der Waals surface area contributed by atoms with Gasteiger partial charge >= 0.3 is 12.1 Å². The Bertz CT molecular complexity index is 965. The van der Waals surface area contributed by atoms with Crippen molar-refractivity contribution in [3.63, 3.8) is 0 Å². The van der Waals surface area contributed by atoms with Crippen LogP contribution in [0.5, 0.6) is 0 Å². The maximum absolute atomic E-state index is 12.7. The maximum atomic E-state index is 12.7. The molecule has 3 aromatic rings. The predicted octanol–water partition coefficient (Wildman–Crippen LogP) is 3.68. The van der Waals surface area contributed by atoms with Crippen molar-refractivity contribution in [2.75, 3.05) is 7.11 Å². The second-order valence-corrected chi connectivity index (χ2v) is 6.37. The molecular weight excluding hydrogens is 373 g/mol. The number of aromatic nitrogens is 1. The number of hydrogen-bond acceptors (Lipinski definition) is 4. The summed E-state index contributed by atoms with van der Waals surface area (Å²) in [6.07, 6.45) is -2.27. The molecule has 8 heteroatoms. The molecule has 148 valence electrons. The van der Waals surface area contributed by atoms with E-state index in [2.05, 4.69) is 9.78 Å². The van der Waals surface area contributed by atoms with E-state index in [1.807, 2.05) is 35.0 Å². The predicted molar refractivity (Wildman–Crippen MR) is 97.3 cm³/mol. The van der Waals surface area contributed by atoms with Gasteiger partial charge in [0.05, 0.1) is 12.7 Å². The molecule has 1 heterocycles. The molecule has 1 atom stereocenters. The molecular formula is C20H19F3N2O3. The fourth-order valence-corrected chi connectivity index (χ4v) is 3.08. The Morgan fingerprint density at radius 2 is 1.82 bits per heavy atom.